The zero-order valence-corrected chi connectivity index (χ0v) is 9.74. The molecule has 0 rings (SSSR count). The maximum Gasteiger partial charge on any atom is 0.303 e. The van der Waals surface area contributed by atoms with Gasteiger partial charge in [0.15, 0.2) is 0 Å². The topological polar surface area (TPSA) is 72.5 Å². The van der Waals surface area contributed by atoms with Crippen molar-refractivity contribution in [1.29, 1.82) is 0 Å². The number of nitrogens with two attached hydrogens (primary N) is 1. The molecule has 0 aliphatic heterocycles. The van der Waals surface area contributed by atoms with Gasteiger partial charge in [-0.1, -0.05) is 20.3 Å². The van der Waals surface area contributed by atoms with E-state index in [1.807, 2.05) is 0 Å². The molecule has 4 nitrogen and oxygen atoms in total. The number of ether oxygens (including phenoxy) is 1. The highest BCUT2D eigenvalue weighted by Gasteiger charge is 2.13. The van der Waals surface area contributed by atoms with Gasteiger partial charge in [0.05, 0.1) is 13.0 Å². The summed E-state index contributed by atoms with van der Waals surface area (Å²) in [6.07, 6.45) is 1.95. The summed E-state index contributed by atoms with van der Waals surface area (Å²) in [5.41, 5.74) is 5.41. The van der Waals surface area contributed by atoms with E-state index in [1.165, 1.54) is 0 Å². The van der Waals surface area contributed by atoms with Crippen LogP contribution in [0.5, 0.6) is 0 Å². The molecular weight excluding hydrogens is 194 g/mol. The number of carbonyl (C=O) groups is 1. The lowest BCUT2D eigenvalue weighted by atomic mass is 10.0. The van der Waals surface area contributed by atoms with E-state index in [4.69, 9.17) is 15.6 Å². The summed E-state index contributed by atoms with van der Waals surface area (Å²) in [6.45, 7) is 5.97. The average Bonchev–Trinajstić information content (AvgIpc) is 2.16. The van der Waals surface area contributed by atoms with Crippen molar-refractivity contribution in [2.45, 2.75) is 33.1 Å². The Balaban J connectivity index is 3.70. The van der Waals surface area contributed by atoms with Crippen molar-refractivity contribution in [3.8, 4) is 0 Å². The van der Waals surface area contributed by atoms with Crippen LogP contribution in [0.15, 0.2) is 0 Å². The number of carboxylic acids is 1. The first-order chi connectivity index (χ1) is 7.10. The first-order valence-corrected chi connectivity index (χ1v) is 5.59. The van der Waals surface area contributed by atoms with Crippen LogP contribution in [0.25, 0.3) is 0 Å². The molecule has 90 valence electrons. The molecule has 2 atom stereocenters. The Morgan fingerprint density at radius 3 is 2.60 bits per heavy atom. The van der Waals surface area contributed by atoms with Gasteiger partial charge in [0.25, 0.3) is 0 Å². The van der Waals surface area contributed by atoms with E-state index in [2.05, 4.69) is 13.8 Å². The van der Waals surface area contributed by atoms with Gasteiger partial charge in [0.2, 0.25) is 0 Å². The van der Waals surface area contributed by atoms with E-state index in [9.17, 15) is 4.79 Å². The highest BCUT2D eigenvalue weighted by Crippen LogP contribution is 2.10. The van der Waals surface area contributed by atoms with E-state index in [0.717, 1.165) is 6.42 Å². The van der Waals surface area contributed by atoms with E-state index in [-0.39, 0.29) is 12.3 Å². The number of rotatable bonds is 9. The molecule has 3 N–H and O–H groups in total. The lowest BCUT2D eigenvalue weighted by molar-refractivity contribution is -0.138. The van der Waals surface area contributed by atoms with Crippen LogP contribution in [-0.2, 0) is 9.53 Å². The Labute approximate surface area is 91.8 Å². The van der Waals surface area contributed by atoms with Gasteiger partial charge in [0.1, 0.15) is 0 Å². The summed E-state index contributed by atoms with van der Waals surface area (Å²) in [7, 11) is 0. The van der Waals surface area contributed by atoms with Crippen LogP contribution < -0.4 is 5.73 Å². The second-order valence-corrected chi connectivity index (χ2v) is 4.09. The molecule has 15 heavy (non-hydrogen) atoms. The van der Waals surface area contributed by atoms with Crippen LogP contribution in [0.3, 0.4) is 0 Å². The Morgan fingerprint density at radius 1 is 1.47 bits per heavy atom. The highest BCUT2D eigenvalue weighted by atomic mass is 16.5. The molecule has 0 saturated heterocycles. The first kappa shape index (κ1) is 14.4. The Kier molecular flexibility index (Phi) is 8.33. The minimum atomic E-state index is -0.777. The highest BCUT2D eigenvalue weighted by molar-refractivity contribution is 5.67. The molecule has 0 saturated carbocycles. The Hall–Kier alpha value is -0.610. The number of carboxylic acid groups (broad SMARTS) is 1. The summed E-state index contributed by atoms with van der Waals surface area (Å²) in [6, 6.07) is 0. The molecule has 0 aliphatic carbocycles. The average molecular weight is 217 g/mol. The largest absolute Gasteiger partial charge is 0.481 e. The summed E-state index contributed by atoms with van der Waals surface area (Å²) in [4.78, 5) is 10.5. The van der Waals surface area contributed by atoms with Gasteiger partial charge >= 0.3 is 5.97 Å². The predicted molar refractivity (Wildman–Crippen MR) is 59.7 cm³/mol. The second-order valence-electron chi connectivity index (χ2n) is 4.09. The summed E-state index contributed by atoms with van der Waals surface area (Å²) in [5.74, 6) is -0.189. The maximum atomic E-state index is 10.5. The molecule has 0 aromatic carbocycles. The van der Waals surface area contributed by atoms with Crippen molar-refractivity contribution in [3.63, 3.8) is 0 Å². The van der Waals surface area contributed by atoms with Gasteiger partial charge < -0.3 is 15.6 Å². The Bertz CT molecular complexity index is 173. The number of aliphatic carboxylic acids is 1. The van der Waals surface area contributed by atoms with Crippen molar-refractivity contribution in [3.05, 3.63) is 0 Å². The first-order valence-electron chi connectivity index (χ1n) is 5.59. The standard InChI is InChI=1S/C11H23NO3/c1-3-9(2)7-15-8-10(4-5-12)6-11(13)14/h9-10H,3-8,12H2,1-2H3,(H,13,14). The normalized spacial score (nSPS) is 14.9. The van der Waals surface area contributed by atoms with Gasteiger partial charge in [-0.3, -0.25) is 4.79 Å². The van der Waals surface area contributed by atoms with Gasteiger partial charge in [-0.05, 0) is 24.8 Å². The van der Waals surface area contributed by atoms with Crippen LogP contribution >= 0.6 is 0 Å². The molecule has 2 unspecified atom stereocenters. The molecule has 0 radical (unpaired) electrons. The van der Waals surface area contributed by atoms with E-state index in [0.29, 0.717) is 32.1 Å². The zero-order chi connectivity index (χ0) is 11.7. The van der Waals surface area contributed by atoms with Crippen LogP contribution in [0, 0.1) is 11.8 Å². The molecule has 0 heterocycles. The van der Waals surface area contributed by atoms with E-state index < -0.39 is 5.97 Å². The molecule has 4 heteroatoms. The molecule has 0 fully saturated rings. The second kappa shape index (κ2) is 8.68. The lowest BCUT2D eigenvalue weighted by Crippen LogP contribution is -2.19. The van der Waals surface area contributed by atoms with Crippen LogP contribution in [0.2, 0.25) is 0 Å². The van der Waals surface area contributed by atoms with Crippen molar-refractivity contribution < 1.29 is 14.6 Å². The van der Waals surface area contributed by atoms with Crippen molar-refractivity contribution in [2.75, 3.05) is 19.8 Å². The molecule has 0 aromatic rings. The molecule has 0 bridgehead atoms. The fourth-order valence-corrected chi connectivity index (χ4v) is 1.28. The molecule has 0 spiro atoms. The van der Waals surface area contributed by atoms with Gasteiger partial charge in [0, 0.05) is 6.61 Å². The van der Waals surface area contributed by atoms with E-state index >= 15 is 0 Å². The van der Waals surface area contributed by atoms with Crippen molar-refractivity contribution in [1.82, 2.24) is 0 Å². The maximum absolute atomic E-state index is 10.5. The van der Waals surface area contributed by atoms with Crippen molar-refractivity contribution >= 4 is 5.97 Å². The third kappa shape index (κ3) is 8.39. The van der Waals surface area contributed by atoms with Gasteiger partial charge in [-0.2, -0.15) is 0 Å². The van der Waals surface area contributed by atoms with E-state index in [1.54, 1.807) is 0 Å². The zero-order valence-electron chi connectivity index (χ0n) is 9.74. The minimum Gasteiger partial charge on any atom is -0.481 e. The number of hydrogen-bond donors (Lipinski definition) is 2. The smallest absolute Gasteiger partial charge is 0.303 e. The van der Waals surface area contributed by atoms with Crippen LogP contribution in [0.4, 0.5) is 0 Å². The van der Waals surface area contributed by atoms with Gasteiger partial charge in [-0.15, -0.1) is 0 Å². The lowest BCUT2D eigenvalue weighted by Gasteiger charge is -2.15. The molecule has 0 amide bonds. The fraction of sp³-hybridized carbons (Fsp3) is 0.909. The third-order valence-corrected chi connectivity index (χ3v) is 2.49. The minimum absolute atomic E-state index is 0.0524. The molecule has 0 aromatic heterocycles. The number of hydrogen-bond acceptors (Lipinski definition) is 3. The monoisotopic (exact) mass is 217 g/mol. The Morgan fingerprint density at radius 2 is 2.13 bits per heavy atom. The SMILES string of the molecule is CCC(C)COCC(CCN)CC(=O)O. The molecular formula is C11H23NO3. The van der Waals surface area contributed by atoms with Crippen molar-refractivity contribution in [2.24, 2.45) is 17.6 Å². The predicted octanol–water partition coefficient (Wildman–Crippen LogP) is 1.49. The van der Waals surface area contributed by atoms with Crippen LogP contribution in [0.1, 0.15) is 33.1 Å². The van der Waals surface area contributed by atoms with Crippen LogP contribution in [-0.4, -0.2) is 30.8 Å². The summed E-state index contributed by atoms with van der Waals surface area (Å²) in [5, 5.41) is 8.67. The third-order valence-electron chi connectivity index (χ3n) is 2.49. The molecule has 0 aliphatic rings. The quantitative estimate of drug-likeness (QED) is 0.613. The fourth-order valence-electron chi connectivity index (χ4n) is 1.28. The summed E-state index contributed by atoms with van der Waals surface area (Å²) < 4.78 is 5.48. The summed E-state index contributed by atoms with van der Waals surface area (Å²) >= 11 is 0. The van der Waals surface area contributed by atoms with Gasteiger partial charge in [-0.25, -0.2) is 0 Å².